The number of benzene rings is 3. The molecule has 144 valence electrons. The van der Waals surface area contributed by atoms with Crippen LogP contribution in [-0.4, -0.2) is 25.1 Å². The van der Waals surface area contributed by atoms with E-state index in [0.717, 1.165) is 16.8 Å². The molecule has 8 nitrogen and oxygen atoms in total. The molecule has 0 aliphatic carbocycles. The lowest BCUT2D eigenvalue weighted by molar-refractivity contribution is -0.384. The maximum absolute atomic E-state index is 11.2. The summed E-state index contributed by atoms with van der Waals surface area (Å²) in [5.74, 6) is 1.09. The molecule has 0 saturated carbocycles. The molecule has 0 aliphatic rings. The third-order valence-electron chi connectivity index (χ3n) is 4.38. The fourth-order valence-corrected chi connectivity index (χ4v) is 2.98. The average molecular weight is 387 g/mol. The van der Waals surface area contributed by atoms with Crippen molar-refractivity contribution in [2.24, 2.45) is 0 Å². The van der Waals surface area contributed by atoms with Gasteiger partial charge in [-0.05, 0) is 34.2 Å². The van der Waals surface area contributed by atoms with Crippen LogP contribution in [0.15, 0.2) is 78.9 Å². The highest BCUT2D eigenvalue weighted by Gasteiger charge is 2.15. The molecule has 0 spiro atoms. The summed E-state index contributed by atoms with van der Waals surface area (Å²) < 4.78 is 7.56. The van der Waals surface area contributed by atoms with Crippen LogP contribution in [0.5, 0.6) is 5.75 Å². The van der Waals surface area contributed by atoms with Gasteiger partial charge in [0, 0.05) is 24.1 Å². The van der Waals surface area contributed by atoms with Crippen LogP contribution in [0.2, 0.25) is 0 Å². The van der Waals surface area contributed by atoms with Crippen LogP contribution in [0, 0.1) is 10.1 Å². The van der Waals surface area contributed by atoms with Crippen molar-refractivity contribution in [2.75, 3.05) is 0 Å². The number of non-ortho nitro benzene ring substituents is 1. The van der Waals surface area contributed by atoms with E-state index in [1.165, 1.54) is 6.07 Å². The van der Waals surface area contributed by atoms with Gasteiger partial charge in [-0.25, -0.2) is 0 Å². The molecule has 8 heteroatoms. The predicted octanol–water partition coefficient (Wildman–Crippen LogP) is 3.74. The molecule has 0 radical (unpaired) electrons. The van der Waals surface area contributed by atoms with Gasteiger partial charge in [-0.1, -0.05) is 48.5 Å². The molecule has 1 heterocycles. The Kier molecular flexibility index (Phi) is 5.24. The van der Waals surface area contributed by atoms with E-state index < -0.39 is 4.92 Å². The Balaban J connectivity index is 1.59. The fraction of sp³-hybridized carbons (Fsp3) is 0.0952. The number of hydrogen-bond acceptors (Lipinski definition) is 6. The van der Waals surface area contributed by atoms with Gasteiger partial charge < -0.3 is 4.74 Å². The maximum atomic E-state index is 11.2. The second kappa shape index (κ2) is 8.30. The van der Waals surface area contributed by atoms with E-state index in [0.29, 0.717) is 18.0 Å². The maximum Gasteiger partial charge on any atom is 0.269 e. The monoisotopic (exact) mass is 387 g/mol. The van der Waals surface area contributed by atoms with Gasteiger partial charge in [-0.3, -0.25) is 10.1 Å². The largest absolute Gasteiger partial charge is 0.485 e. The van der Waals surface area contributed by atoms with Gasteiger partial charge in [0.1, 0.15) is 12.4 Å². The van der Waals surface area contributed by atoms with Crippen LogP contribution in [0.25, 0.3) is 5.69 Å². The van der Waals surface area contributed by atoms with Crippen LogP contribution < -0.4 is 4.74 Å². The summed E-state index contributed by atoms with van der Waals surface area (Å²) in [6, 6.07) is 23.8. The molecular weight excluding hydrogens is 370 g/mol. The van der Waals surface area contributed by atoms with Crippen molar-refractivity contribution in [1.29, 1.82) is 0 Å². The van der Waals surface area contributed by atoms with Crippen LogP contribution >= 0.6 is 0 Å². The molecule has 0 atom stereocenters. The summed E-state index contributed by atoms with van der Waals surface area (Å²) in [5, 5.41) is 23.0. The highest BCUT2D eigenvalue weighted by atomic mass is 16.6. The molecule has 0 fully saturated rings. The Morgan fingerprint density at radius 3 is 2.41 bits per heavy atom. The van der Waals surface area contributed by atoms with Gasteiger partial charge in [0.2, 0.25) is 0 Å². The average Bonchev–Trinajstić information content (AvgIpc) is 3.23. The molecule has 0 bridgehead atoms. The molecule has 1 aromatic heterocycles. The van der Waals surface area contributed by atoms with E-state index in [2.05, 4.69) is 15.5 Å². The molecule has 0 saturated heterocycles. The van der Waals surface area contributed by atoms with Crippen molar-refractivity contribution in [3.8, 4) is 11.4 Å². The number of nitro groups is 1. The smallest absolute Gasteiger partial charge is 0.269 e. The van der Waals surface area contributed by atoms with Gasteiger partial charge >= 0.3 is 0 Å². The zero-order valence-corrected chi connectivity index (χ0v) is 15.4. The lowest BCUT2D eigenvalue weighted by atomic mass is 10.0. The highest BCUT2D eigenvalue weighted by Crippen LogP contribution is 2.27. The Morgan fingerprint density at radius 1 is 0.966 bits per heavy atom. The second-order valence-corrected chi connectivity index (χ2v) is 6.34. The number of aromatic nitrogens is 4. The topological polar surface area (TPSA) is 96.0 Å². The predicted molar refractivity (Wildman–Crippen MR) is 106 cm³/mol. The van der Waals surface area contributed by atoms with E-state index in [1.807, 2.05) is 60.7 Å². The van der Waals surface area contributed by atoms with Crippen LogP contribution in [0.1, 0.15) is 17.0 Å². The molecule has 29 heavy (non-hydrogen) atoms. The van der Waals surface area contributed by atoms with E-state index in [1.54, 1.807) is 16.8 Å². The summed E-state index contributed by atoms with van der Waals surface area (Å²) in [5.41, 5.74) is 2.61. The Bertz CT molecular complexity index is 1110. The Morgan fingerprint density at radius 2 is 1.69 bits per heavy atom. The van der Waals surface area contributed by atoms with Crippen molar-refractivity contribution >= 4 is 5.69 Å². The van der Waals surface area contributed by atoms with Crippen LogP contribution in [0.3, 0.4) is 0 Å². The first kappa shape index (κ1) is 18.3. The van der Waals surface area contributed by atoms with E-state index in [-0.39, 0.29) is 12.3 Å². The minimum Gasteiger partial charge on any atom is -0.485 e. The van der Waals surface area contributed by atoms with Crippen molar-refractivity contribution in [1.82, 2.24) is 20.2 Å². The molecule has 4 aromatic rings. The highest BCUT2D eigenvalue weighted by molar-refractivity contribution is 5.46. The summed E-state index contributed by atoms with van der Waals surface area (Å²) in [6.45, 7) is 0.126. The first-order valence-electron chi connectivity index (χ1n) is 8.97. The van der Waals surface area contributed by atoms with Gasteiger partial charge in [0.15, 0.2) is 5.82 Å². The zero-order chi connectivity index (χ0) is 20.1. The van der Waals surface area contributed by atoms with Crippen LogP contribution in [0.4, 0.5) is 5.69 Å². The molecule has 4 rings (SSSR count). The molecule has 0 unspecified atom stereocenters. The van der Waals surface area contributed by atoms with E-state index in [9.17, 15) is 10.1 Å². The number of nitrogens with zero attached hydrogens (tertiary/aromatic N) is 5. The summed E-state index contributed by atoms with van der Waals surface area (Å²) >= 11 is 0. The summed E-state index contributed by atoms with van der Waals surface area (Å²) in [4.78, 5) is 10.8. The number of tetrazole rings is 1. The van der Waals surface area contributed by atoms with Crippen LogP contribution in [-0.2, 0) is 13.0 Å². The third-order valence-corrected chi connectivity index (χ3v) is 4.38. The minimum atomic E-state index is -0.409. The van der Waals surface area contributed by atoms with Gasteiger partial charge in [0.25, 0.3) is 5.69 Å². The minimum absolute atomic E-state index is 0.0254. The standard InChI is InChI=1S/C21H17N5O3/c27-26(28)19-11-12-20(17(14-19)13-16-7-3-1-4-8-16)29-15-21-22-23-24-25(21)18-9-5-2-6-10-18/h1-12,14H,13,15H2. The number of para-hydroxylation sites is 1. The normalized spacial score (nSPS) is 10.6. The molecule has 0 N–H and O–H groups in total. The van der Waals surface area contributed by atoms with Gasteiger partial charge in [-0.15, -0.1) is 5.10 Å². The lowest BCUT2D eigenvalue weighted by Crippen LogP contribution is -2.08. The fourth-order valence-electron chi connectivity index (χ4n) is 2.98. The Hall–Kier alpha value is -4.07. The van der Waals surface area contributed by atoms with Crippen molar-refractivity contribution < 1.29 is 9.66 Å². The number of hydrogen-bond donors (Lipinski definition) is 0. The van der Waals surface area contributed by atoms with E-state index in [4.69, 9.17) is 4.74 Å². The number of nitro benzene ring substituents is 1. The first-order valence-corrected chi connectivity index (χ1v) is 8.97. The molecular formula is C21H17N5O3. The Labute approximate surface area is 166 Å². The SMILES string of the molecule is O=[N+]([O-])c1ccc(OCc2nnnn2-c2ccccc2)c(Cc2ccccc2)c1. The summed E-state index contributed by atoms with van der Waals surface area (Å²) in [6.07, 6.45) is 0.515. The van der Waals surface area contributed by atoms with Crippen molar-refractivity contribution in [3.05, 3.63) is 106 Å². The molecule has 3 aromatic carbocycles. The van der Waals surface area contributed by atoms with Crippen molar-refractivity contribution in [2.45, 2.75) is 13.0 Å². The quantitative estimate of drug-likeness (QED) is 0.354. The number of rotatable bonds is 7. The number of ether oxygens (including phenoxy) is 1. The zero-order valence-electron chi connectivity index (χ0n) is 15.4. The molecule has 0 aliphatic heterocycles. The van der Waals surface area contributed by atoms with Crippen molar-refractivity contribution in [3.63, 3.8) is 0 Å². The summed E-state index contributed by atoms with van der Waals surface area (Å²) in [7, 11) is 0. The van der Waals surface area contributed by atoms with Gasteiger partial charge in [-0.2, -0.15) is 4.68 Å². The van der Waals surface area contributed by atoms with Gasteiger partial charge in [0.05, 0.1) is 10.6 Å². The first-order chi connectivity index (χ1) is 14.2. The second-order valence-electron chi connectivity index (χ2n) is 6.34. The third kappa shape index (κ3) is 4.27. The lowest BCUT2D eigenvalue weighted by Gasteiger charge is -2.12. The van der Waals surface area contributed by atoms with E-state index >= 15 is 0 Å². The molecule has 0 amide bonds.